The van der Waals surface area contributed by atoms with Crippen LogP contribution >= 0.6 is 34.8 Å². The van der Waals surface area contributed by atoms with Crippen molar-refractivity contribution in [1.82, 2.24) is 9.78 Å². The lowest BCUT2D eigenvalue weighted by molar-refractivity contribution is 0.289. The lowest BCUT2D eigenvalue weighted by Gasteiger charge is -2.25. The Balaban J connectivity index is 2.35. The molecule has 1 aromatic heterocycles. The van der Waals surface area contributed by atoms with E-state index in [1.54, 1.807) is 18.3 Å². The lowest BCUT2D eigenvalue weighted by atomic mass is 10.2. The summed E-state index contributed by atoms with van der Waals surface area (Å²) in [6.45, 7) is 1.02. The van der Waals surface area contributed by atoms with Gasteiger partial charge in [0.05, 0.1) is 21.9 Å². The minimum atomic E-state index is -0.368. The van der Waals surface area contributed by atoms with Crippen LogP contribution in [0.5, 0.6) is 0 Å². The van der Waals surface area contributed by atoms with Crippen molar-refractivity contribution in [2.24, 2.45) is 7.05 Å². The van der Waals surface area contributed by atoms with Crippen LogP contribution in [0.1, 0.15) is 12.0 Å². The van der Waals surface area contributed by atoms with Crippen LogP contribution in [0.15, 0.2) is 29.2 Å². The number of hydrogen-bond acceptors (Lipinski definition) is 4. The van der Waals surface area contributed by atoms with E-state index in [-0.39, 0.29) is 17.2 Å². The smallest absolute Gasteiger partial charge is 0.287 e. The van der Waals surface area contributed by atoms with Gasteiger partial charge < -0.3 is 10.0 Å². The third kappa shape index (κ3) is 4.38. The van der Waals surface area contributed by atoms with Gasteiger partial charge in [0, 0.05) is 26.7 Å². The second-order valence-electron chi connectivity index (χ2n) is 5.02. The molecule has 2 rings (SSSR count). The van der Waals surface area contributed by atoms with Gasteiger partial charge in [0.25, 0.3) is 5.56 Å². The Morgan fingerprint density at radius 2 is 2.00 bits per heavy atom. The number of hydrogen-bond donors (Lipinski definition) is 1. The summed E-state index contributed by atoms with van der Waals surface area (Å²) in [4.78, 5) is 13.9. The van der Waals surface area contributed by atoms with Gasteiger partial charge in [-0.3, -0.25) is 4.79 Å². The van der Waals surface area contributed by atoms with E-state index in [1.807, 2.05) is 11.0 Å². The molecule has 0 saturated heterocycles. The van der Waals surface area contributed by atoms with E-state index in [0.29, 0.717) is 35.2 Å². The summed E-state index contributed by atoms with van der Waals surface area (Å²) in [5.41, 5.74) is 1.07. The molecule has 1 N–H and O–H groups in total. The molecule has 0 aliphatic heterocycles. The van der Waals surface area contributed by atoms with Crippen molar-refractivity contribution in [3.8, 4) is 0 Å². The maximum absolute atomic E-state index is 12.0. The minimum Gasteiger partial charge on any atom is -0.396 e. The number of anilines is 1. The van der Waals surface area contributed by atoms with E-state index >= 15 is 0 Å². The Hall–Kier alpha value is -1.27. The van der Waals surface area contributed by atoms with Crippen molar-refractivity contribution in [2.45, 2.75) is 13.0 Å². The molecule has 1 aromatic carbocycles. The molecule has 0 amide bonds. The largest absolute Gasteiger partial charge is 0.396 e. The normalized spacial score (nSPS) is 10.8. The first-order chi connectivity index (χ1) is 10.9. The molecule has 1 heterocycles. The number of aliphatic hydroxyl groups excluding tert-OH is 1. The fraction of sp³-hybridized carbons (Fsp3) is 0.333. The molecule has 0 radical (unpaired) electrons. The van der Waals surface area contributed by atoms with Crippen LogP contribution in [0, 0.1) is 0 Å². The maximum Gasteiger partial charge on any atom is 0.287 e. The van der Waals surface area contributed by atoms with Crippen LogP contribution in [-0.4, -0.2) is 28.0 Å². The Kier molecular flexibility index (Phi) is 6.30. The van der Waals surface area contributed by atoms with Crippen LogP contribution < -0.4 is 10.5 Å². The molecular formula is C15H16Cl3N3O2. The topological polar surface area (TPSA) is 58.4 Å². The van der Waals surface area contributed by atoms with Gasteiger partial charge in [0.15, 0.2) is 0 Å². The third-order valence-electron chi connectivity index (χ3n) is 3.34. The second-order valence-corrected chi connectivity index (χ2v) is 6.21. The zero-order chi connectivity index (χ0) is 17.0. The van der Waals surface area contributed by atoms with Crippen molar-refractivity contribution < 1.29 is 5.11 Å². The average molecular weight is 377 g/mol. The highest BCUT2D eigenvalue weighted by molar-refractivity contribution is 6.42. The summed E-state index contributed by atoms with van der Waals surface area (Å²) in [6.07, 6.45) is 2.07. The Labute approximate surface area is 149 Å². The van der Waals surface area contributed by atoms with Gasteiger partial charge >= 0.3 is 0 Å². The highest BCUT2D eigenvalue weighted by atomic mass is 35.5. The standard InChI is InChI=1S/C15H16Cl3N3O2/c1-20-15(23)14(18)13(8-19-20)21(5-2-6-22)9-10-3-4-11(16)12(17)7-10/h3-4,7-8,22H,2,5-6,9H2,1H3. The van der Waals surface area contributed by atoms with E-state index in [4.69, 9.17) is 39.9 Å². The number of aryl methyl sites for hydroxylation is 1. The summed E-state index contributed by atoms with van der Waals surface area (Å²) >= 11 is 18.1. The second kappa shape index (κ2) is 8.02. The number of halogens is 3. The summed E-state index contributed by atoms with van der Waals surface area (Å²) in [7, 11) is 1.54. The Bertz CT molecular complexity index is 749. The van der Waals surface area contributed by atoms with Crippen molar-refractivity contribution in [3.05, 3.63) is 55.4 Å². The summed E-state index contributed by atoms with van der Waals surface area (Å²) in [5.74, 6) is 0. The molecule has 23 heavy (non-hydrogen) atoms. The van der Waals surface area contributed by atoms with Crippen molar-refractivity contribution >= 4 is 40.5 Å². The predicted octanol–water partition coefficient (Wildman–Crippen LogP) is 3.13. The van der Waals surface area contributed by atoms with Crippen molar-refractivity contribution in [2.75, 3.05) is 18.1 Å². The molecule has 124 valence electrons. The van der Waals surface area contributed by atoms with Gasteiger partial charge in [-0.2, -0.15) is 5.10 Å². The maximum atomic E-state index is 12.0. The SMILES string of the molecule is Cn1ncc(N(CCCO)Cc2ccc(Cl)c(Cl)c2)c(Cl)c1=O. The molecule has 0 aliphatic carbocycles. The van der Waals surface area contributed by atoms with Gasteiger partial charge in [0.2, 0.25) is 0 Å². The van der Waals surface area contributed by atoms with Gasteiger partial charge in [-0.25, -0.2) is 4.68 Å². The predicted molar refractivity (Wildman–Crippen MR) is 93.7 cm³/mol. The van der Waals surface area contributed by atoms with E-state index in [2.05, 4.69) is 5.10 Å². The molecule has 5 nitrogen and oxygen atoms in total. The molecule has 0 spiro atoms. The number of benzene rings is 1. The molecule has 0 unspecified atom stereocenters. The number of aromatic nitrogens is 2. The highest BCUT2D eigenvalue weighted by Gasteiger charge is 2.15. The first-order valence-electron chi connectivity index (χ1n) is 6.95. The summed E-state index contributed by atoms with van der Waals surface area (Å²) in [5, 5.41) is 14.1. The van der Waals surface area contributed by atoms with Crippen LogP contribution in [0.3, 0.4) is 0 Å². The van der Waals surface area contributed by atoms with E-state index in [1.165, 1.54) is 11.7 Å². The molecule has 0 fully saturated rings. The van der Waals surface area contributed by atoms with E-state index in [0.717, 1.165) is 5.56 Å². The fourth-order valence-electron chi connectivity index (χ4n) is 2.13. The Morgan fingerprint density at radius 3 is 2.65 bits per heavy atom. The first kappa shape index (κ1) is 18.1. The Morgan fingerprint density at radius 1 is 1.26 bits per heavy atom. The number of nitrogens with zero attached hydrogens (tertiary/aromatic N) is 3. The number of aliphatic hydroxyl groups is 1. The third-order valence-corrected chi connectivity index (χ3v) is 4.44. The van der Waals surface area contributed by atoms with Gasteiger partial charge in [-0.05, 0) is 24.1 Å². The van der Waals surface area contributed by atoms with E-state index < -0.39 is 0 Å². The van der Waals surface area contributed by atoms with E-state index in [9.17, 15) is 4.79 Å². The minimum absolute atomic E-state index is 0.0355. The van der Waals surface area contributed by atoms with Crippen molar-refractivity contribution in [1.29, 1.82) is 0 Å². The fourth-order valence-corrected chi connectivity index (χ4v) is 2.74. The molecule has 8 heteroatoms. The summed E-state index contributed by atoms with van der Waals surface area (Å²) in [6, 6.07) is 5.33. The first-order valence-corrected chi connectivity index (χ1v) is 8.09. The lowest BCUT2D eigenvalue weighted by Crippen LogP contribution is -2.29. The monoisotopic (exact) mass is 375 g/mol. The van der Waals surface area contributed by atoms with Crippen LogP contribution in [0.4, 0.5) is 5.69 Å². The summed E-state index contributed by atoms with van der Waals surface area (Å²) < 4.78 is 1.18. The molecular weight excluding hydrogens is 361 g/mol. The zero-order valence-corrected chi connectivity index (χ0v) is 14.7. The van der Waals surface area contributed by atoms with Crippen LogP contribution in [0.2, 0.25) is 15.1 Å². The molecule has 0 saturated carbocycles. The quantitative estimate of drug-likeness (QED) is 0.841. The molecule has 0 atom stereocenters. The van der Waals surface area contributed by atoms with Gasteiger partial charge in [-0.1, -0.05) is 40.9 Å². The van der Waals surface area contributed by atoms with Gasteiger partial charge in [0.1, 0.15) is 5.02 Å². The molecule has 2 aromatic rings. The average Bonchev–Trinajstić information content (AvgIpc) is 2.53. The van der Waals surface area contributed by atoms with Crippen LogP contribution in [0.25, 0.3) is 0 Å². The van der Waals surface area contributed by atoms with Crippen LogP contribution in [-0.2, 0) is 13.6 Å². The van der Waals surface area contributed by atoms with Crippen molar-refractivity contribution in [3.63, 3.8) is 0 Å². The molecule has 0 aliphatic rings. The van der Waals surface area contributed by atoms with Gasteiger partial charge in [-0.15, -0.1) is 0 Å². The zero-order valence-electron chi connectivity index (χ0n) is 12.5. The molecule has 0 bridgehead atoms. The number of rotatable bonds is 6. The highest BCUT2D eigenvalue weighted by Crippen LogP contribution is 2.26.